The molecule has 1 aromatic rings. The lowest BCUT2D eigenvalue weighted by atomic mass is 9.97. The minimum Gasteiger partial charge on any atom is -0.387 e. The number of rotatable bonds is 2. The normalized spacial score (nSPS) is 20.9. The molecular formula is C12H16F3N3. The minimum atomic E-state index is -4.10. The zero-order valence-electron chi connectivity index (χ0n) is 10.2. The maximum absolute atomic E-state index is 12.7. The van der Waals surface area contributed by atoms with Crippen molar-refractivity contribution in [1.29, 1.82) is 0 Å². The summed E-state index contributed by atoms with van der Waals surface area (Å²) in [5.74, 6) is -1.23. The Hall–Kier alpha value is -1.46. The van der Waals surface area contributed by atoms with E-state index in [1.807, 2.05) is 6.07 Å². The SMILES string of the molecule is CNc1cncc(N2CCCC(C(F)(F)F)C2)c1. The van der Waals surface area contributed by atoms with Crippen LogP contribution in [0.5, 0.6) is 0 Å². The summed E-state index contributed by atoms with van der Waals surface area (Å²) in [4.78, 5) is 5.79. The van der Waals surface area contributed by atoms with E-state index in [9.17, 15) is 13.2 Å². The van der Waals surface area contributed by atoms with Gasteiger partial charge in [0.2, 0.25) is 0 Å². The molecule has 0 saturated carbocycles. The second-order valence-electron chi connectivity index (χ2n) is 4.51. The fourth-order valence-electron chi connectivity index (χ4n) is 2.22. The molecule has 1 atom stereocenters. The standard InChI is InChI=1S/C12H16F3N3/c1-16-10-5-11(7-17-6-10)18-4-2-3-9(8-18)12(13,14)15/h5-7,9,16H,2-4,8H2,1H3. The number of hydrogen-bond acceptors (Lipinski definition) is 3. The van der Waals surface area contributed by atoms with Crippen molar-refractivity contribution in [2.75, 3.05) is 30.4 Å². The molecule has 1 unspecified atom stereocenters. The Labute approximate surface area is 104 Å². The number of halogens is 3. The van der Waals surface area contributed by atoms with Crippen LogP contribution in [0.3, 0.4) is 0 Å². The number of nitrogens with zero attached hydrogens (tertiary/aromatic N) is 2. The predicted molar refractivity (Wildman–Crippen MR) is 64.8 cm³/mol. The molecule has 3 nitrogen and oxygen atoms in total. The van der Waals surface area contributed by atoms with Crippen molar-refractivity contribution >= 4 is 11.4 Å². The molecule has 0 aliphatic carbocycles. The first-order chi connectivity index (χ1) is 8.50. The third kappa shape index (κ3) is 2.86. The van der Waals surface area contributed by atoms with Gasteiger partial charge in [-0.15, -0.1) is 0 Å². The molecule has 1 aliphatic rings. The molecule has 0 bridgehead atoms. The first-order valence-corrected chi connectivity index (χ1v) is 5.95. The summed E-state index contributed by atoms with van der Waals surface area (Å²) in [7, 11) is 1.76. The van der Waals surface area contributed by atoms with Crippen LogP contribution in [-0.2, 0) is 0 Å². The van der Waals surface area contributed by atoms with Crippen molar-refractivity contribution in [3.8, 4) is 0 Å². The van der Waals surface area contributed by atoms with E-state index in [0.717, 1.165) is 11.4 Å². The summed E-state index contributed by atoms with van der Waals surface area (Å²) in [5, 5.41) is 2.94. The summed E-state index contributed by atoms with van der Waals surface area (Å²) in [6.07, 6.45) is -0.0614. The highest BCUT2D eigenvalue weighted by Crippen LogP contribution is 2.34. The van der Waals surface area contributed by atoms with Crippen LogP contribution >= 0.6 is 0 Å². The lowest BCUT2D eigenvalue weighted by Crippen LogP contribution is -2.41. The van der Waals surface area contributed by atoms with Crippen LogP contribution in [0.4, 0.5) is 24.5 Å². The molecule has 2 rings (SSSR count). The highest BCUT2D eigenvalue weighted by Gasteiger charge is 2.41. The van der Waals surface area contributed by atoms with E-state index < -0.39 is 12.1 Å². The van der Waals surface area contributed by atoms with Crippen molar-refractivity contribution in [1.82, 2.24) is 4.98 Å². The van der Waals surface area contributed by atoms with Crippen molar-refractivity contribution < 1.29 is 13.2 Å². The molecule has 2 heterocycles. The molecule has 18 heavy (non-hydrogen) atoms. The van der Waals surface area contributed by atoms with E-state index in [-0.39, 0.29) is 13.0 Å². The van der Waals surface area contributed by atoms with E-state index in [1.165, 1.54) is 0 Å². The number of pyridine rings is 1. The van der Waals surface area contributed by atoms with Gasteiger partial charge < -0.3 is 10.2 Å². The first-order valence-electron chi connectivity index (χ1n) is 5.95. The van der Waals surface area contributed by atoms with Gasteiger partial charge in [0.15, 0.2) is 0 Å². The van der Waals surface area contributed by atoms with Crippen LogP contribution in [0.2, 0.25) is 0 Å². The highest BCUT2D eigenvalue weighted by molar-refractivity contribution is 5.55. The largest absolute Gasteiger partial charge is 0.393 e. The van der Waals surface area contributed by atoms with Gasteiger partial charge in [0.25, 0.3) is 0 Å². The molecule has 1 aromatic heterocycles. The second-order valence-corrected chi connectivity index (χ2v) is 4.51. The van der Waals surface area contributed by atoms with E-state index in [2.05, 4.69) is 10.3 Å². The number of hydrogen-bond donors (Lipinski definition) is 1. The molecule has 0 amide bonds. The molecule has 100 valence electrons. The number of anilines is 2. The van der Waals surface area contributed by atoms with E-state index >= 15 is 0 Å². The van der Waals surface area contributed by atoms with Gasteiger partial charge in [-0.3, -0.25) is 4.98 Å². The number of nitrogens with one attached hydrogen (secondary N) is 1. The van der Waals surface area contributed by atoms with Crippen molar-refractivity contribution in [3.05, 3.63) is 18.5 Å². The van der Waals surface area contributed by atoms with Crippen molar-refractivity contribution in [2.24, 2.45) is 5.92 Å². The number of alkyl halides is 3. The summed E-state index contributed by atoms with van der Waals surface area (Å²) in [5.41, 5.74) is 1.55. The third-order valence-electron chi connectivity index (χ3n) is 3.26. The number of aromatic nitrogens is 1. The van der Waals surface area contributed by atoms with Gasteiger partial charge >= 0.3 is 6.18 Å². The Morgan fingerprint density at radius 1 is 1.39 bits per heavy atom. The summed E-state index contributed by atoms with van der Waals surface area (Å²) in [6.45, 7) is 0.680. The molecule has 0 radical (unpaired) electrons. The average molecular weight is 259 g/mol. The first kappa shape index (κ1) is 13.0. The molecule has 1 N–H and O–H groups in total. The Morgan fingerprint density at radius 2 is 2.17 bits per heavy atom. The summed E-state index contributed by atoms with van der Waals surface area (Å²) in [6, 6.07) is 1.83. The molecular weight excluding hydrogens is 243 g/mol. The zero-order chi connectivity index (χ0) is 13.2. The van der Waals surface area contributed by atoms with Crippen molar-refractivity contribution in [3.63, 3.8) is 0 Å². The smallest absolute Gasteiger partial charge is 0.387 e. The second kappa shape index (κ2) is 5.04. The van der Waals surface area contributed by atoms with Gasteiger partial charge in [0.05, 0.1) is 29.7 Å². The topological polar surface area (TPSA) is 28.2 Å². The summed E-state index contributed by atoms with van der Waals surface area (Å²) < 4.78 is 38.2. The van der Waals surface area contributed by atoms with Gasteiger partial charge in [-0.25, -0.2) is 0 Å². The molecule has 6 heteroatoms. The van der Waals surface area contributed by atoms with Crippen molar-refractivity contribution in [2.45, 2.75) is 19.0 Å². The number of piperidine rings is 1. The van der Waals surface area contributed by atoms with Gasteiger partial charge in [0, 0.05) is 20.1 Å². The van der Waals surface area contributed by atoms with Gasteiger partial charge in [-0.2, -0.15) is 13.2 Å². The quantitative estimate of drug-likeness (QED) is 0.885. The van der Waals surface area contributed by atoms with Crippen LogP contribution < -0.4 is 10.2 Å². The monoisotopic (exact) mass is 259 g/mol. The fraction of sp³-hybridized carbons (Fsp3) is 0.583. The van der Waals surface area contributed by atoms with Crippen LogP contribution in [0, 0.1) is 5.92 Å². The van der Waals surface area contributed by atoms with Crippen LogP contribution in [0.25, 0.3) is 0 Å². The maximum atomic E-state index is 12.7. The molecule has 0 aromatic carbocycles. The third-order valence-corrected chi connectivity index (χ3v) is 3.26. The average Bonchev–Trinajstić information content (AvgIpc) is 2.38. The van der Waals surface area contributed by atoms with Crippen LogP contribution in [-0.4, -0.2) is 31.3 Å². The maximum Gasteiger partial charge on any atom is 0.393 e. The van der Waals surface area contributed by atoms with E-state index in [4.69, 9.17) is 0 Å². The Kier molecular flexibility index (Phi) is 3.63. The Morgan fingerprint density at radius 3 is 2.83 bits per heavy atom. The minimum absolute atomic E-state index is 0.0261. The predicted octanol–water partition coefficient (Wildman–Crippen LogP) is 2.90. The molecule has 1 fully saturated rings. The van der Waals surface area contributed by atoms with E-state index in [0.29, 0.717) is 13.0 Å². The van der Waals surface area contributed by atoms with Gasteiger partial charge in [-0.1, -0.05) is 0 Å². The lowest BCUT2D eigenvalue weighted by Gasteiger charge is -2.35. The summed E-state index contributed by atoms with van der Waals surface area (Å²) >= 11 is 0. The lowest BCUT2D eigenvalue weighted by molar-refractivity contribution is -0.175. The fourth-order valence-corrected chi connectivity index (χ4v) is 2.22. The zero-order valence-corrected chi connectivity index (χ0v) is 10.2. The molecule has 1 aliphatic heterocycles. The Balaban J connectivity index is 2.13. The van der Waals surface area contributed by atoms with Crippen LogP contribution in [0.1, 0.15) is 12.8 Å². The van der Waals surface area contributed by atoms with E-state index in [1.54, 1.807) is 24.3 Å². The van der Waals surface area contributed by atoms with Gasteiger partial charge in [-0.05, 0) is 18.9 Å². The van der Waals surface area contributed by atoms with Gasteiger partial charge in [0.1, 0.15) is 0 Å². The Bertz CT molecular complexity index is 406. The highest BCUT2D eigenvalue weighted by atomic mass is 19.4. The van der Waals surface area contributed by atoms with Crippen LogP contribution in [0.15, 0.2) is 18.5 Å². The molecule has 1 saturated heterocycles. The molecule has 0 spiro atoms.